The maximum Gasteiger partial charge on any atom is 0.227 e. The third kappa shape index (κ3) is 1.88. The van der Waals surface area contributed by atoms with Crippen LogP contribution in [-0.2, 0) is 11.2 Å². The standard InChI is InChI=1S/C14H20N2OS/c1-9-10-6-8-18-13(10)5-7-16(9)14(17)11-3-2-4-12(11)15/h6,8-9,11-12H,2-5,7,15H2,1H3. The van der Waals surface area contributed by atoms with Crippen LogP contribution in [-0.4, -0.2) is 23.4 Å². The van der Waals surface area contributed by atoms with Crippen LogP contribution < -0.4 is 5.73 Å². The van der Waals surface area contributed by atoms with Crippen molar-refractivity contribution in [1.29, 1.82) is 0 Å². The van der Waals surface area contributed by atoms with E-state index in [1.54, 1.807) is 0 Å². The first-order valence-electron chi connectivity index (χ1n) is 6.81. The first-order chi connectivity index (χ1) is 8.68. The molecule has 2 heterocycles. The highest BCUT2D eigenvalue weighted by atomic mass is 32.1. The molecule has 18 heavy (non-hydrogen) atoms. The van der Waals surface area contributed by atoms with Crippen molar-refractivity contribution in [1.82, 2.24) is 4.90 Å². The molecule has 1 aliphatic heterocycles. The van der Waals surface area contributed by atoms with Gasteiger partial charge < -0.3 is 10.6 Å². The Labute approximate surface area is 112 Å². The molecule has 0 aromatic carbocycles. The van der Waals surface area contributed by atoms with E-state index in [1.807, 2.05) is 16.2 Å². The molecule has 0 spiro atoms. The van der Waals surface area contributed by atoms with Crippen LogP contribution in [0.3, 0.4) is 0 Å². The fourth-order valence-corrected chi connectivity index (χ4v) is 4.28. The molecule has 0 saturated heterocycles. The van der Waals surface area contributed by atoms with Crippen molar-refractivity contribution in [3.63, 3.8) is 0 Å². The Morgan fingerprint density at radius 1 is 1.50 bits per heavy atom. The highest BCUT2D eigenvalue weighted by Gasteiger charge is 2.37. The van der Waals surface area contributed by atoms with Gasteiger partial charge in [-0.1, -0.05) is 6.42 Å². The Morgan fingerprint density at radius 3 is 3.06 bits per heavy atom. The Hall–Kier alpha value is -0.870. The van der Waals surface area contributed by atoms with Gasteiger partial charge in [-0.25, -0.2) is 0 Å². The molecular weight excluding hydrogens is 244 g/mol. The number of hydrogen-bond acceptors (Lipinski definition) is 3. The second-order valence-corrected chi connectivity index (χ2v) is 6.46. The van der Waals surface area contributed by atoms with Gasteiger partial charge in [0.2, 0.25) is 5.91 Å². The Bertz CT molecular complexity index is 456. The van der Waals surface area contributed by atoms with Crippen molar-refractivity contribution in [2.45, 2.75) is 44.7 Å². The summed E-state index contributed by atoms with van der Waals surface area (Å²) in [6.07, 6.45) is 4.08. The number of fused-ring (bicyclic) bond motifs is 1. The Kier molecular flexibility index (Phi) is 3.16. The third-order valence-electron chi connectivity index (χ3n) is 4.45. The molecular formula is C14H20N2OS. The van der Waals surface area contributed by atoms with Gasteiger partial charge >= 0.3 is 0 Å². The summed E-state index contributed by atoms with van der Waals surface area (Å²) in [5.74, 6) is 0.344. The van der Waals surface area contributed by atoms with Gasteiger partial charge in [0.25, 0.3) is 0 Å². The van der Waals surface area contributed by atoms with Crippen molar-refractivity contribution < 1.29 is 4.79 Å². The number of carbonyl (C=O) groups excluding carboxylic acids is 1. The molecule has 3 atom stereocenters. The predicted octanol–water partition coefficient (Wildman–Crippen LogP) is 2.32. The molecule has 2 N–H and O–H groups in total. The zero-order valence-corrected chi connectivity index (χ0v) is 11.6. The van der Waals surface area contributed by atoms with Gasteiger partial charge in [0, 0.05) is 17.5 Å². The van der Waals surface area contributed by atoms with Crippen molar-refractivity contribution in [2.75, 3.05) is 6.54 Å². The van der Waals surface area contributed by atoms with E-state index in [9.17, 15) is 4.79 Å². The van der Waals surface area contributed by atoms with Crippen molar-refractivity contribution in [3.05, 3.63) is 21.9 Å². The summed E-state index contributed by atoms with van der Waals surface area (Å²) in [4.78, 5) is 16.1. The summed E-state index contributed by atoms with van der Waals surface area (Å²) >= 11 is 1.81. The van der Waals surface area contributed by atoms with Crippen LogP contribution in [0.15, 0.2) is 11.4 Å². The molecule has 3 unspecified atom stereocenters. The van der Waals surface area contributed by atoms with E-state index < -0.39 is 0 Å². The molecule has 98 valence electrons. The molecule has 3 nitrogen and oxygen atoms in total. The van der Waals surface area contributed by atoms with E-state index >= 15 is 0 Å². The zero-order valence-electron chi connectivity index (χ0n) is 10.8. The van der Waals surface area contributed by atoms with Crippen LogP contribution >= 0.6 is 11.3 Å². The van der Waals surface area contributed by atoms with Crippen molar-refractivity contribution in [2.24, 2.45) is 11.7 Å². The number of carbonyl (C=O) groups is 1. The smallest absolute Gasteiger partial charge is 0.227 e. The summed E-state index contributed by atoms with van der Waals surface area (Å²) in [5, 5.41) is 2.14. The quantitative estimate of drug-likeness (QED) is 0.846. The van der Waals surface area contributed by atoms with E-state index in [1.165, 1.54) is 10.4 Å². The highest BCUT2D eigenvalue weighted by Crippen LogP contribution is 2.35. The lowest BCUT2D eigenvalue weighted by Crippen LogP contribution is -2.45. The van der Waals surface area contributed by atoms with Gasteiger partial charge in [0.15, 0.2) is 0 Å². The zero-order chi connectivity index (χ0) is 12.7. The molecule has 1 aliphatic carbocycles. The van der Waals surface area contributed by atoms with E-state index in [0.717, 1.165) is 32.2 Å². The summed E-state index contributed by atoms with van der Waals surface area (Å²) in [5.41, 5.74) is 7.40. The van der Waals surface area contributed by atoms with Gasteiger partial charge in [-0.05, 0) is 43.2 Å². The van der Waals surface area contributed by atoms with Crippen LogP contribution in [0.25, 0.3) is 0 Å². The number of hydrogen-bond donors (Lipinski definition) is 1. The first kappa shape index (κ1) is 12.2. The van der Waals surface area contributed by atoms with E-state index in [-0.39, 0.29) is 23.9 Å². The number of amides is 1. The van der Waals surface area contributed by atoms with Gasteiger partial charge in [0.05, 0.1) is 12.0 Å². The molecule has 1 aromatic heterocycles. The topological polar surface area (TPSA) is 46.3 Å². The maximum atomic E-state index is 12.6. The molecule has 3 rings (SSSR count). The van der Waals surface area contributed by atoms with E-state index in [2.05, 4.69) is 18.4 Å². The highest BCUT2D eigenvalue weighted by molar-refractivity contribution is 7.10. The van der Waals surface area contributed by atoms with Gasteiger partial charge in [-0.3, -0.25) is 4.79 Å². The summed E-state index contributed by atoms with van der Waals surface area (Å²) in [7, 11) is 0. The van der Waals surface area contributed by atoms with Crippen LogP contribution in [0.5, 0.6) is 0 Å². The molecule has 4 heteroatoms. The van der Waals surface area contributed by atoms with E-state index in [0.29, 0.717) is 0 Å². The summed E-state index contributed by atoms with van der Waals surface area (Å²) in [6.45, 7) is 3.00. The molecule has 0 radical (unpaired) electrons. The number of rotatable bonds is 1. The van der Waals surface area contributed by atoms with Gasteiger partial charge in [-0.2, -0.15) is 0 Å². The molecule has 2 aliphatic rings. The average molecular weight is 264 g/mol. The maximum absolute atomic E-state index is 12.6. The lowest BCUT2D eigenvalue weighted by molar-refractivity contribution is -0.138. The molecule has 1 saturated carbocycles. The SMILES string of the molecule is CC1c2ccsc2CCN1C(=O)C1CCCC1N. The minimum absolute atomic E-state index is 0.0626. The Morgan fingerprint density at radius 2 is 2.33 bits per heavy atom. The summed E-state index contributed by atoms with van der Waals surface area (Å²) < 4.78 is 0. The second-order valence-electron chi connectivity index (χ2n) is 5.46. The third-order valence-corrected chi connectivity index (χ3v) is 5.44. The predicted molar refractivity (Wildman–Crippen MR) is 73.5 cm³/mol. The fraction of sp³-hybridized carbons (Fsp3) is 0.643. The van der Waals surface area contributed by atoms with Gasteiger partial charge in [0.1, 0.15) is 0 Å². The second kappa shape index (κ2) is 4.67. The largest absolute Gasteiger partial charge is 0.335 e. The number of thiophene rings is 1. The molecule has 1 aromatic rings. The lowest BCUT2D eigenvalue weighted by Gasteiger charge is -2.36. The molecule has 1 amide bonds. The Balaban J connectivity index is 1.80. The number of nitrogens with two attached hydrogens (primary N) is 1. The minimum Gasteiger partial charge on any atom is -0.335 e. The fourth-order valence-electron chi connectivity index (χ4n) is 3.32. The average Bonchev–Trinajstić information content (AvgIpc) is 2.97. The van der Waals surface area contributed by atoms with Gasteiger partial charge in [-0.15, -0.1) is 11.3 Å². The molecule has 1 fully saturated rings. The van der Waals surface area contributed by atoms with Crippen molar-refractivity contribution >= 4 is 17.2 Å². The lowest BCUT2D eigenvalue weighted by atomic mass is 9.96. The summed E-state index contributed by atoms with van der Waals surface area (Å²) in [6, 6.07) is 2.47. The molecule has 0 bridgehead atoms. The normalized spacial score (nSPS) is 31.4. The monoisotopic (exact) mass is 264 g/mol. The van der Waals surface area contributed by atoms with Crippen LogP contribution in [0, 0.1) is 5.92 Å². The van der Waals surface area contributed by atoms with Crippen LogP contribution in [0.1, 0.15) is 42.7 Å². The number of nitrogens with zero attached hydrogens (tertiary/aromatic N) is 1. The van der Waals surface area contributed by atoms with Crippen LogP contribution in [0.2, 0.25) is 0 Å². The minimum atomic E-state index is 0.0626. The van der Waals surface area contributed by atoms with Crippen LogP contribution in [0.4, 0.5) is 0 Å². The van der Waals surface area contributed by atoms with E-state index in [4.69, 9.17) is 5.73 Å². The van der Waals surface area contributed by atoms with Crippen molar-refractivity contribution in [3.8, 4) is 0 Å². The first-order valence-corrected chi connectivity index (χ1v) is 7.69.